The summed E-state index contributed by atoms with van der Waals surface area (Å²) in [4.78, 5) is 13.5. The normalized spacial score (nSPS) is 16.2. The van der Waals surface area contributed by atoms with Gasteiger partial charge in [-0.2, -0.15) is 0 Å². The summed E-state index contributed by atoms with van der Waals surface area (Å²) in [6.45, 7) is 0.772. The zero-order chi connectivity index (χ0) is 12.0. The molecule has 1 aliphatic rings. The first-order valence-electron chi connectivity index (χ1n) is 5.30. The first-order valence-corrected chi connectivity index (χ1v) is 6.10. The Morgan fingerprint density at radius 3 is 2.88 bits per heavy atom. The van der Waals surface area contributed by atoms with Crippen LogP contribution in [0.5, 0.6) is 0 Å². The Bertz CT molecular complexity index is 586. The Balaban J connectivity index is 1.96. The fourth-order valence-corrected chi connectivity index (χ4v) is 2.37. The number of benzene rings is 1. The minimum atomic E-state index is -0.393. The van der Waals surface area contributed by atoms with E-state index < -0.39 is 6.10 Å². The Labute approximate surface area is 106 Å². The number of β-amino-alcohol motifs (C(OH)–C–C–N with tert-alkyl or cyclic N) is 1. The van der Waals surface area contributed by atoms with Crippen LogP contribution >= 0.6 is 15.9 Å². The van der Waals surface area contributed by atoms with Crippen molar-refractivity contribution >= 4 is 32.8 Å². The number of aliphatic hydroxyl groups is 1. The molecule has 0 saturated carbocycles. The quantitative estimate of drug-likeness (QED) is 0.876. The van der Waals surface area contributed by atoms with E-state index in [1.165, 1.54) is 0 Å². The number of furan rings is 1. The summed E-state index contributed by atoms with van der Waals surface area (Å²) in [7, 11) is 0. The van der Waals surface area contributed by atoms with Crippen LogP contribution in [0, 0.1) is 0 Å². The minimum Gasteiger partial charge on any atom is -0.450 e. The van der Waals surface area contributed by atoms with E-state index in [0.29, 0.717) is 24.4 Å². The van der Waals surface area contributed by atoms with E-state index in [-0.39, 0.29) is 5.91 Å². The van der Waals surface area contributed by atoms with Crippen LogP contribution in [0.4, 0.5) is 0 Å². The van der Waals surface area contributed by atoms with Crippen LogP contribution < -0.4 is 0 Å². The summed E-state index contributed by atoms with van der Waals surface area (Å²) < 4.78 is 6.36. The average Bonchev–Trinajstić information content (AvgIpc) is 2.69. The number of aliphatic hydroxyl groups excluding tert-OH is 1. The maximum absolute atomic E-state index is 12.0. The number of carbonyl (C=O) groups is 1. The zero-order valence-electron chi connectivity index (χ0n) is 8.89. The molecule has 88 valence electrons. The highest BCUT2D eigenvalue weighted by molar-refractivity contribution is 9.10. The Hall–Kier alpha value is -1.33. The molecule has 0 radical (unpaired) electrons. The standard InChI is InChI=1S/C12H10BrNO3/c13-9-3-1-2-7-4-10(17-11(7)9)12(16)14-5-8(15)6-14/h1-4,8,15H,5-6H2. The number of para-hydroxylation sites is 1. The van der Waals surface area contributed by atoms with Crippen molar-refractivity contribution in [3.05, 3.63) is 34.5 Å². The van der Waals surface area contributed by atoms with Gasteiger partial charge < -0.3 is 14.4 Å². The highest BCUT2D eigenvalue weighted by Crippen LogP contribution is 2.28. The average molecular weight is 296 g/mol. The molecule has 17 heavy (non-hydrogen) atoms. The van der Waals surface area contributed by atoms with Crippen molar-refractivity contribution in [1.29, 1.82) is 0 Å². The molecule has 1 aromatic carbocycles. The van der Waals surface area contributed by atoms with Gasteiger partial charge in [0.2, 0.25) is 0 Å². The van der Waals surface area contributed by atoms with Crippen molar-refractivity contribution in [1.82, 2.24) is 4.90 Å². The van der Waals surface area contributed by atoms with Gasteiger partial charge in [0.1, 0.15) is 5.58 Å². The maximum Gasteiger partial charge on any atom is 0.289 e. The fraction of sp³-hybridized carbons (Fsp3) is 0.250. The maximum atomic E-state index is 12.0. The molecule has 0 bridgehead atoms. The molecule has 0 aliphatic carbocycles. The summed E-state index contributed by atoms with van der Waals surface area (Å²) in [5.41, 5.74) is 0.678. The number of nitrogens with zero attached hydrogens (tertiary/aromatic N) is 1. The molecule has 1 N–H and O–H groups in total. The van der Waals surface area contributed by atoms with Crippen molar-refractivity contribution in [2.45, 2.75) is 6.10 Å². The molecule has 5 heteroatoms. The van der Waals surface area contributed by atoms with Crippen molar-refractivity contribution in [3.63, 3.8) is 0 Å². The second-order valence-corrected chi connectivity index (χ2v) is 4.99. The van der Waals surface area contributed by atoms with Gasteiger partial charge in [0.15, 0.2) is 5.76 Å². The first kappa shape index (κ1) is 10.8. The van der Waals surface area contributed by atoms with E-state index in [1.54, 1.807) is 11.0 Å². The molecule has 1 amide bonds. The van der Waals surface area contributed by atoms with Gasteiger partial charge in [-0.15, -0.1) is 0 Å². The van der Waals surface area contributed by atoms with E-state index in [2.05, 4.69) is 15.9 Å². The zero-order valence-corrected chi connectivity index (χ0v) is 10.5. The number of fused-ring (bicyclic) bond motifs is 1. The van der Waals surface area contributed by atoms with Gasteiger partial charge in [0.05, 0.1) is 10.6 Å². The van der Waals surface area contributed by atoms with Gasteiger partial charge in [-0.3, -0.25) is 4.79 Å². The monoisotopic (exact) mass is 295 g/mol. The van der Waals surface area contributed by atoms with Crippen LogP contribution in [-0.4, -0.2) is 35.1 Å². The number of halogens is 1. The van der Waals surface area contributed by atoms with Crippen molar-refractivity contribution in [2.75, 3.05) is 13.1 Å². The van der Waals surface area contributed by atoms with Crippen LogP contribution in [0.15, 0.2) is 33.2 Å². The molecule has 4 nitrogen and oxygen atoms in total. The lowest BCUT2D eigenvalue weighted by molar-refractivity contribution is 0.00406. The van der Waals surface area contributed by atoms with Gasteiger partial charge in [0.25, 0.3) is 5.91 Å². The van der Waals surface area contributed by atoms with E-state index in [1.807, 2.05) is 18.2 Å². The number of amides is 1. The minimum absolute atomic E-state index is 0.168. The van der Waals surface area contributed by atoms with Crippen LogP contribution in [0.25, 0.3) is 11.0 Å². The van der Waals surface area contributed by atoms with E-state index in [9.17, 15) is 4.79 Å². The molecule has 1 aliphatic heterocycles. The fourth-order valence-electron chi connectivity index (χ4n) is 1.91. The second kappa shape index (κ2) is 3.85. The molecule has 1 saturated heterocycles. The van der Waals surface area contributed by atoms with Crippen LogP contribution in [0.3, 0.4) is 0 Å². The van der Waals surface area contributed by atoms with Gasteiger partial charge in [-0.1, -0.05) is 12.1 Å². The van der Waals surface area contributed by atoms with E-state index in [0.717, 1.165) is 9.86 Å². The predicted molar refractivity (Wildman–Crippen MR) is 65.8 cm³/mol. The van der Waals surface area contributed by atoms with Crippen LogP contribution in [0.1, 0.15) is 10.6 Å². The molecule has 1 aromatic heterocycles. The van der Waals surface area contributed by atoms with Gasteiger partial charge in [-0.25, -0.2) is 0 Å². The second-order valence-electron chi connectivity index (χ2n) is 4.13. The topological polar surface area (TPSA) is 53.7 Å². The van der Waals surface area contributed by atoms with Crippen molar-refractivity contribution in [3.8, 4) is 0 Å². The number of carbonyl (C=O) groups excluding carboxylic acids is 1. The van der Waals surface area contributed by atoms with Crippen molar-refractivity contribution < 1.29 is 14.3 Å². The van der Waals surface area contributed by atoms with E-state index in [4.69, 9.17) is 9.52 Å². The Morgan fingerprint density at radius 2 is 2.24 bits per heavy atom. The highest BCUT2D eigenvalue weighted by Gasteiger charge is 2.31. The molecule has 2 aromatic rings. The summed E-state index contributed by atoms with van der Waals surface area (Å²) in [6.07, 6.45) is -0.393. The third-order valence-electron chi connectivity index (χ3n) is 2.86. The summed E-state index contributed by atoms with van der Waals surface area (Å²) in [6, 6.07) is 7.38. The third kappa shape index (κ3) is 1.75. The molecule has 0 unspecified atom stereocenters. The Kier molecular flexibility index (Phi) is 2.45. The number of hydrogen-bond acceptors (Lipinski definition) is 3. The summed E-state index contributed by atoms with van der Waals surface area (Å²) >= 11 is 3.38. The molecular formula is C12H10BrNO3. The molecule has 0 spiro atoms. The molecule has 1 fully saturated rings. The van der Waals surface area contributed by atoms with Crippen molar-refractivity contribution in [2.24, 2.45) is 0 Å². The molecule has 0 atom stereocenters. The lowest BCUT2D eigenvalue weighted by Gasteiger charge is -2.35. The lowest BCUT2D eigenvalue weighted by atomic mass is 10.1. The largest absolute Gasteiger partial charge is 0.450 e. The number of rotatable bonds is 1. The van der Waals surface area contributed by atoms with Crippen LogP contribution in [0.2, 0.25) is 0 Å². The van der Waals surface area contributed by atoms with Crippen LogP contribution in [-0.2, 0) is 0 Å². The summed E-state index contributed by atoms with van der Waals surface area (Å²) in [5.74, 6) is 0.150. The smallest absolute Gasteiger partial charge is 0.289 e. The molecule has 3 rings (SSSR count). The number of hydrogen-bond donors (Lipinski definition) is 1. The number of likely N-dealkylation sites (tertiary alicyclic amines) is 1. The lowest BCUT2D eigenvalue weighted by Crippen LogP contribution is -2.53. The summed E-state index contributed by atoms with van der Waals surface area (Å²) in [5, 5.41) is 10.1. The molecular weight excluding hydrogens is 286 g/mol. The van der Waals surface area contributed by atoms with Gasteiger partial charge in [-0.05, 0) is 28.1 Å². The first-order chi connectivity index (χ1) is 8.15. The van der Waals surface area contributed by atoms with Gasteiger partial charge in [0, 0.05) is 18.5 Å². The van der Waals surface area contributed by atoms with E-state index >= 15 is 0 Å². The Morgan fingerprint density at radius 1 is 1.47 bits per heavy atom. The SMILES string of the molecule is O=C(c1cc2cccc(Br)c2o1)N1CC(O)C1. The van der Waals surface area contributed by atoms with Gasteiger partial charge >= 0.3 is 0 Å². The molecule has 2 heterocycles. The predicted octanol–water partition coefficient (Wildman–Crippen LogP) is 2.01. The highest BCUT2D eigenvalue weighted by atomic mass is 79.9. The third-order valence-corrected chi connectivity index (χ3v) is 3.48.